The van der Waals surface area contributed by atoms with Gasteiger partial charge in [-0.25, -0.2) is 0 Å². The van der Waals surface area contributed by atoms with Gasteiger partial charge < -0.3 is 4.74 Å². The number of carbonyl (C=O) groups excluding carboxylic acids is 1. The lowest BCUT2D eigenvalue weighted by molar-refractivity contribution is -0.139. The zero-order valence-electron chi connectivity index (χ0n) is 8.41. The molecule has 0 amide bonds. The van der Waals surface area contributed by atoms with Gasteiger partial charge in [-0.3, -0.25) is 4.79 Å². The summed E-state index contributed by atoms with van der Waals surface area (Å²) in [6.07, 6.45) is 13.8. The maximum atomic E-state index is 10.4. The maximum Gasteiger partial charge on any atom is 0.302 e. The van der Waals surface area contributed by atoms with Gasteiger partial charge in [0.15, 0.2) is 0 Å². The molecule has 0 atom stereocenters. The Morgan fingerprint density at radius 1 is 1.38 bits per heavy atom. The number of allylic oxidation sites excluding steroid dienone is 2. The summed E-state index contributed by atoms with van der Waals surface area (Å²) >= 11 is 0. The molecule has 0 fully saturated rings. The predicted octanol–water partition coefficient (Wildman–Crippen LogP) is 2.32. The number of hydrogen-bond donors (Lipinski definition) is 0. The van der Waals surface area contributed by atoms with Crippen molar-refractivity contribution in [3.8, 4) is 12.8 Å². The lowest BCUT2D eigenvalue weighted by Crippen LogP contribution is -2.01. The standard InChI is InChI=1S/C9H14O2.C2H2/c1-4-6-9(5-2)7-11-8(3)10;1-2/h4-6H,7H2,1-3H3;1-2H/b6-4-,9-5+;. The number of terminal acetylenes is 1. The fraction of sp³-hybridized carbons (Fsp3) is 0.364. The Morgan fingerprint density at radius 3 is 2.23 bits per heavy atom. The Bertz CT molecular complexity index is 209. The molecule has 0 N–H and O–H groups in total. The zero-order chi connectivity index (χ0) is 10.7. The van der Waals surface area contributed by atoms with E-state index in [9.17, 15) is 4.79 Å². The van der Waals surface area contributed by atoms with Gasteiger partial charge in [0.1, 0.15) is 6.61 Å². The lowest BCUT2D eigenvalue weighted by Gasteiger charge is -2.00. The Kier molecular flexibility index (Phi) is 11.4. The van der Waals surface area contributed by atoms with Crippen molar-refractivity contribution in [2.75, 3.05) is 6.61 Å². The highest BCUT2D eigenvalue weighted by Crippen LogP contribution is 1.97. The smallest absolute Gasteiger partial charge is 0.302 e. The minimum Gasteiger partial charge on any atom is -0.461 e. The van der Waals surface area contributed by atoms with E-state index < -0.39 is 0 Å². The molecule has 0 saturated carbocycles. The number of rotatable bonds is 3. The van der Waals surface area contributed by atoms with Gasteiger partial charge in [-0.2, -0.15) is 0 Å². The molecule has 0 aromatic heterocycles. The average molecular weight is 180 g/mol. The Hall–Kier alpha value is -1.49. The lowest BCUT2D eigenvalue weighted by atomic mass is 10.2. The van der Waals surface area contributed by atoms with E-state index in [2.05, 4.69) is 12.8 Å². The number of esters is 1. The SMILES string of the molecule is C#C.C/C=C\C(=C/C)COC(C)=O. The monoisotopic (exact) mass is 180 g/mol. The van der Waals surface area contributed by atoms with Crippen LogP contribution in [-0.2, 0) is 9.53 Å². The van der Waals surface area contributed by atoms with E-state index in [0.717, 1.165) is 5.57 Å². The van der Waals surface area contributed by atoms with Crippen LogP contribution in [0.5, 0.6) is 0 Å². The molecule has 0 unspecified atom stereocenters. The van der Waals surface area contributed by atoms with Crippen molar-refractivity contribution in [1.29, 1.82) is 0 Å². The zero-order valence-corrected chi connectivity index (χ0v) is 8.41. The fourth-order valence-electron chi connectivity index (χ4n) is 0.627. The van der Waals surface area contributed by atoms with Crippen molar-refractivity contribution in [3.05, 3.63) is 23.8 Å². The summed E-state index contributed by atoms with van der Waals surface area (Å²) in [6.45, 7) is 5.62. The molecule has 0 aliphatic heterocycles. The van der Waals surface area contributed by atoms with Gasteiger partial charge in [-0.15, -0.1) is 12.8 Å². The van der Waals surface area contributed by atoms with Crippen LogP contribution in [0.1, 0.15) is 20.8 Å². The van der Waals surface area contributed by atoms with Gasteiger partial charge in [0.2, 0.25) is 0 Å². The van der Waals surface area contributed by atoms with Gasteiger partial charge in [-0.1, -0.05) is 18.2 Å². The third-order valence-electron chi connectivity index (χ3n) is 1.19. The van der Waals surface area contributed by atoms with E-state index in [4.69, 9.17) is 4.74 Å². The predicted molar refractivity (Wildman–Crippen MR) is 55.1 cm³/mol. The molecule has 0 radical (unpaired) electrons. The molecule has 0 aromatic carbocycles. The van der Waals surface area contributed by atoms with Crippen LogP contribution in [0.4, 0.5) is 0 Å². The van der Waals surface area contributed by atoms with E-state index in [1.54, 1.807) is 0 Å². The van der Waals surface area contributed by atoms with E-state index >= 15 is 0 Å². The van der Waals surface area contributed by atoms with Crippen molar-refractivity contribution >= 4 is 5.97 Å². The minimum atomic E-state index is -0.242. The highest BCUT2D eigenvalue weighted by atomic mass is 16.5. The van der Waals surface area contributed by atoms with Crippen LogP contribution in [0, 0.1) is 12.8 Å². The van der Waals surface area contributed by atoms with Crippen LogP contribution in [0.15, 0.2) is 23.8 Å². The second-order valence-corrected chi connectivity index (χ2v) is 2.14. The quantitative estimate of drug-likeness (QED) is 0.378. The highest BCUT2D eigenvalue weighted by molar-refractivity contribution is 5.66. The van der Waals surface area contributed by atoms with Gasteiger partial charge in [0, 0.05) is 6.92 Å². The first-order chi connectivity index (χ1) is 6.20. The summed E-state index contributed by atoms with van der Waals surface area (Å²) in [7, 11) is 0. The Balaban J connectivity index is 0. The van der Waals surface area contributed by atoms with E-state index in [1.807, 2.05) is 32.1 Å². The number of ether oxygens (including phenoxy) is 1. The van der Waals surface area contributed by atoms with E-state index in [1.165, 1.54) is 6.92 Å². The van der Waals surface area contributed by atoms with Crippen molar-refractivity contribution in [2.45, 2.75) is 20.8 Å². The summed E-state index contributed by atoms with van der Waals surface area (Å²) in [5.74, 6) is -0.242. The van der Waals surface area contributed by atoms with Crippen LogP contribution in [0.2, 0.25) is 0 Å². The molecule has 0 aliphatic carbocycles. The molecule has 0 heterocycles. The van der Waals surface area contributed by atoms with Crippen LogP contribution < -0.4 is 0 Å². The van der Waals surface area contributed by atoms with Crippen LogP contribution in [-0.4, -0.2) is 12.6 Å². The molecular weight excluding hydrogens is 164 g/mol. The highest BCUT2D eigenvalue weighted by Gasteiger charge is 1.93. The summed E-state index contributed by atoms with van der Waals surface area (Å²) < 4.78 is 4.79. The summed E-state index contributed by atoms with van der Waals surface area (Å²) in [5, 5.41) is 0. The van der Waals surface area contributed by atoms with Crippen molar-refractivity contribution < 1.29 is 9.53 Å². The molecule has 72 valence electrons. The first kappa shape index (κ1) is 14.1. The van der Waals surface area contributed by atoms with Crippen molar-refractivity contribution in [2.24, 2.45) is 0 Å². The normalized spacial score (nSPS) is 10.4. The third-order valence-corrected chi connectivity index (χ3v) is 1.19. The Labute approximate surface area is 80.3 Å². The van der Waals surface area contributed by atoms with Gasteiger partial charge in [-0.05, 0) is 19.4 Å². The van der Waals surface area contributed by atoms with Gasteiger partial charge in [0.25, 0.3) is 0 Å². The largest absolute Gasteiger partial charge is 0.461 e. The average Bonchev–Trinajstić information content (AvgIpc) is 2.15. The summed E-state index contributed by atoms with van der Waals surface area (Å²) in [5.41, 5.74) is 1.02. The molecule has 2 heteroatoms. The first-order valence-electron chi connectivity index (χ1n) is 3.95. The number of hydrogen-bond acceptors (Lipinski definition) is 2. The molecule has 2 nitrogen and oxygen atoms in total. The van der Waals surface area contributed by atoms with Crippen LogP contribution in [0.25, 0.3) is 0 Å². The van der Waals surface area contributed by atoms with Crippen molar-refractivity contribution in [3.63, 3.8) is 0 Å². The van der Waals surface area contributed by atoms with Crippen LogP contribution >= 0.6 is 0 Å². The molecule has 0 bridgehead atoms. The molecule has 13 heavy (non-hydrogen) atoms. The molecule has 0 aliphatic rings. The summed E-state index contributed by atoms with van der Waals surface area (Å²) in [4.78, 5) is 10.4. The van der Waals surface area contributed by atoms with Crippen LogP contribution in [0.3, 0.4) is 0 Å². The number of carbonyl (C=O) groups is 1. The molecule has 0 saturated heterocycles. The molecular formula is C11H16O2. The fourth-order valence-corrected chi connectivity index (χ4v) is 0.627. The molecule has 0 aromatic rings. The molecule has 0 rings (SSSR count). The van der Waals surface area contributed by atoms with Gasteiger partial charge >= 0.3 is 5.97 Å². The minimum absolute atomic E-state index is 0.242. The molecule has 0 spiro atoms. The van der Waals surface area contributed by atoms with Crippen molar-refractivity contribution in [1.82, 2.24) is 0 Å². The van der Waals surface area contributed by atoms with E-state index in [0.29, 0.717) is 6.61 Å². The maximum absolute atomic E-state index is 10.4. The topological polar surface area (TPSA) is 26.3 Å². The summed E-state index contributed by atoms with van der Waals surface area (Å²) in [6, 6.07) is 0. The van der Waals surface area contributed by atoms with Gasteiger partial charge in [0.05, 0.1) is 0 Å². The Morgan fingerprint density at radius 2 is 1.92 bits per heavy atom. The van der Waals surface area contributed by atoms with E-state index in [-0.39, 0.29) is 5.97 Å². The first-order valence-corrected chi connectivity index (χ1v) is 3.95. The second kappa shape index (κ2) is 10.5. The second-order valence-electron chi connectivity index (χ2n) is 2.14. The third kappa shape index (κ3) is 10.5.